The lowest BCUT2D eigenvalue weighted by Gasteiger charge is -2.24. The largest absolute Gasteiger partial charge is 0.342 e. The smallest absolute Gasteiger partial charge is 0.240 e. The Kier molecular flexibility index (Phi) is 6.47. The van der Waals surface area contributed by atoms with Crippen LogP contribution in [0.2, 0.25) is 5.02 Å². The van der Waals surface area contributed by atoms with E-state index in [-0.39, 0.29) is 5.91 Å². The van der Waals surface area contributed by atoms with E-state index in [1.165, 1.54) is 11.8 Å². The number of nitrogens with zero attached hydrogens (tertiary/aromatic N) is 5. The second-order valence-corrected chi connectivity index (χ2v) is 7.28. The molecule has 3 aromatic rings. The summed E-state index contributed by atoms with van der Waals surface area (Å²) in [5.41, 5.74) is 1.66. The van der Waals surface area contributed by atoms with Gasteiger partial charge in [0.05, 0.1) is 5.69 Å². The summed E-state index contributed by atoms with van der Waals surface area (Å²) in [5, 5.41) is 12.7. The first kappa shape index (κ1) is 19.4. The Morgan fingerprint density at radius 2 is 1.89 bits per heavy atom. The number of aromatic nitrogens is 4. The van der Waals surface area contributed by atoms with E-state index in [1.54, 1.807) is 16.8 Å². The van der Waals surface area contributed by atoms with Crippen LogP contribution in [0, 0.1) is 0 Å². The molecular formula is C19H20ClN5OS. The summed E-state index contributed by atoms with van der Waals surface area (Å²) in [5.74, 6) is 0.0387. The molecule has 6 nitrogen and oxygen atoms in total. The molecule has 1 aromatic heterocycles. The van der Waals surface area contributed by atoms with Gasteiger partial charge < -0.3 is 4.90 Å². The zero-order chi connectivity index (χ0) is 19.2. The van der Waals surface area contributed by atoms with Crippen molar-refractivity contribution in [1.82, 2.24) is 25.1 Å². The van der Waals surface area contributed by atoms with Crippen LogP contribution in [0.5, 0.6) is 0 Å². The van der Waals surface area contributed by atoms with Gasteiger partial charge in [0.1, 0.15) is 5.25 Å². The molecule has 0 aliphatic rings. The van der Waals surface area contributed by atoms with Crippen LogP contribution >= 0.6 is 23.4 Å². The van der Waals surface area contributed by atoms with Gasteiger partial charge in [0.25, 0.3) is 0 Å². The summed E-state index contributed by atoms with van der Waals surface area (Å²) >= 11 is 7.43. The number of carbonyl (C=O) groups is 1. The molecule has 0 saturated carbocycles. The van der Waals surface area contributed by atoms with Gasteiger partial charge in [-0.3, -0.25) is 4.79 Å². The van der Waals surface area contributed by atoms with Crippen molar-refractivity contribution in [2.24, 2.45) is 0 Å². The van der Waals surface area contributed by atoms with Crippen molar-refractivity contribution in [3.63, 3.8) is 0 Å². The number of amides is 1. The Bertz CT molecular complexity index is 898. The van der Waals surface area contributed by atoms with E-state index in [0.717, 1.165) is 11.3 Å². The molecule has 0 fully saturated rings. The van der Waals surface area contributed by atoms with Crippen LogP contribution in [0.25, 0.3) is 5.69 Å². The molecule has 1 amide bonds. The molecule has 0 N–H and O–H groups in total. The number of benzene rings is 2. The topological polar surface area (TPSA) is 63.9 Å². The second-order valence-electron chi connectivity index (χ2n) is 5.77. The van der Waals surface area contributed by atoms with E-state index in [1.807, 2.05) is 61.2 Å². The number of rotatable bonds is 7. The van der Waals surface area contributed by atoms with Crippen molar-refractivity contribution >= 4 is 29.3 Å². The van der Waals surface area contributed by atoms with E-state index >= 15 is 0 Å². The van der Waals surface area contributed by atoms with Crippen LogP contribution in [-0.4, -0.2) is 44.1 Å². The van der Waals surface area contributed by atoms with Crippen molar-refractivity contribution in [2.75, 3.05) is 13.1 Å². The maximum absolute atomic E-state index is 13.1. The number of hydrogen-bond acceptors (Lipinski definition) is 5. The Morgan fingerprint density at radius 3 is 2.56 bits per heavy atom. The monoisotopic (exact) mass is 401 g/mol. The Morgan fingerprint density at radius 1 is 1.15 bits per heavy atom. The van der Waals surface area contributed by atoms with Crippen LogP contribution < -0.4 is 0 Å². The molecule has 1 atom stereocenters. The molecule has 0 spiro atoms. The molecular weight excluding hydrogens is 382 g/mol. The Labute approximate surface area is 167 Å². The van der Waals surface area contributed by atoms with Gasteiger partial charge in [-0.2, -0.15) is 4.68 Å². The van der Waals surface area contributed by atoms with Crippen molar-refractivity contribution in [3.05, 3.63) is 65.2 Å². The summed E-state index contributed by atoms with van der Waals surface area (Å²) in [6.45, 7) is 5.26. The fraction of sp³-hybridized carbons (Fsp3) is 0.263. The van der Waals surface area contributed by atoms with Crippen molar-refractivity contribution in [2.45, 2.75) is 24.3 Å². The van der Waals surface area contributed by atoms with Crippen LogP contribution in [0.1, 0.15) is 24.7 Å². The summed E-state index contributed by atoms with van der Waals surface area (Å²) < 4.78 is 1.60. The first-order chi connectivity index (χ1) is 13.1. The number of carbonyl (C=O) groups excluding carboxylic acids is 1. The maximum atomic E-state index is 13.1. The summed E-state index contributed by atoms with van der Waals surface area (Å²) in [7, 11) is 0. The highest BCUT2D eigenvalue weighted by Gasteiger charge is 2.28. The number of halogens is 1. The number of thioether (sulfide) groups is 1. The van der Waals surface area contributed by atoms with E-state index in [4.69, 9.17) is 11.6 Å². The third-order valence-corrected chi connectivity index (χ3v) is 5.53. The van der Waals surface area contributed by atoms with E-state index in [0.29, 0.717) is 23.3 Å². The molecule has 0 bridgehead atoms. The molecule has 2 aromatic carbocycles. The molecule has 0 saturated heterocycles. The zero-order valence-corrected chi connectivity index (χ0v) is 16.7. The summed E-state index contributed by atoms with van der Waals surface area (Å²) in [6, 6.07) is 17.0. The predicted octanol–water partition coefficient (Wildman–Crippen LogP) is 4.02. The minimum Gasteiger partial charge on any atom is -0.342 e. The molecule has 3 rings (SSSR count). The Hall–Kier alpha value is -2.38. The molecule has 1 heterocycles. The minimum atomic E-state index is -0.435. The highest BCUT2D eigenvalue weighted by Crippen LogP contribution is 2.36. The average molecular weight is 402 g/mol. The van der Waals surface area contributed by atoms with Crippen molar-refractivity contribution < 1.29 is 4.79 Å². The zero-order valence-electron chi connectivity index (χ0n) is 15.1. The van der Waals surface area contributed by atoms with Gasteiger partial charge in [0.15, 0.2) is 0 Å². The molecule has 27 heavy (non-hydrogen) atoms. The van der Waals surface area contributed by atoms with Crippen LogP contribution in [0.15, 0.2) is 59.8 Å². The second kappa shape index (κ2) is 9.01. The first-order valence-corrected chi connectivity index (χ1v) is 9.94. The Balaban J connectivity index is 1.96. The van der Waals surface area contributed by atoms with E-state index < -0.39 is 5.25 Å². The minimum absolute atomic E-state index is 0.0387. The van der Waals surface area contributed by atoms with E-state index in [9.17, 15) is 4.79 Å². The van der Waals surface area contributed by atoms with Crippen LogP contribution in [0.4, 0.5) is 0 Å². The van der Waals surface area contributed by atoms with Gasteiger partial charge in [-0.15, -0.1) is 5.10 Å². The highest BCUT2D eigenvalue weighted by molar-refractivity contribution is 8.00. The first-order valence-electron chi connectivity index (χ1n) is 8.68. The SMILES string of the molecule is CCN(CC)C(=O)[C@H](Sc1nnnn1-c1cccc(Cl)c1)c1ccccc1. The lowest BCUT2D eigenvalue weighted by molar-refractivity contribution is -0.130. The van der Waals surface area contributed by atoms with E-state index in [2.05, 4.69) is 15.5 Å². The molecule has 0 radical (unpaired) electrons. The standard InChI is InChI=1S/C19H20ClN5OS/c1-3-24(4-2)18(26)17(14-9-6-5-7-10-14)27-19-21-22-23-25(19)16-12-8-11-15(20)13-16/h5-13,17H,3-4H2,1-2H3/t17-/m1/s1. The van der Waals surface area contributed by atoms with Gasteiger partial charge in [0.2, 0.25) is 11.1 Å². The number of likely N-dealkylation sites (N-methyl/N-ethyl adjacent to an activating group) is 1. The lowest BCUT2D eigenvalue weighted by Crippen LogP contribution is -2.34. The summed E-state index contributed by atoms with van der Waals surface area (Å²) in [6.07, 6.45) is 0. The quantitative estimate of drug-likeness (QED) is 0.559. The summed E-state index contributed by atoms with van der Waals surface area (Å²) in [4.78, 5) is 15.0. The maximum Gasteiger partial charge on any atom is 0.240 e. The average Bonchev–Trinajstić information content (AvgIpc) is 3.16. The number of tetrazole rings is 1. The van der Waals surface area contributed by atoms with Crippen molar-refractivity contribution in [1.29, 1.82) is 0 Å². The van der Waals surface area contributed by atoms with Gasteiger partial charge in [-0.1, -0.05) is 59.8 Å². The van der Waals surface area contributed by atoms with Crippen LogP contribution in [-0.2, 0) is 4.79 Å². The molecule has 8 heteroatoms. The molecule has 0 aliphatic heterocycles. The van der Waals surface area contributed by atoms with Crippen LogP contribution in [0.3, 0.4) is 0 Å². The highest BCUT2D eigenvalue weighted by atomic mass is 35.5. The fourth-order valence-corrected chi connectivity index (χ4v) is 3.98. The molecule has 0 unspecified atom stereocenters. The van der Waals surface area contributed by atoms with Gasteiger partial charge in [0, 0.05) is 18.1 Å². The van der Waals surface area contributed by atoms with Gasteiger partial charge in [-0.25, -0.2) is 0 Å². The van der Waals surface area contributed by atoms with Crippen molar-refractivity contribution in [3.8, 4) is 5.69 Å². The molecule has 140 valence electrons. The third-order valence-electron chi connectivity index (χ3n) is 4.12. The normalized spacial score (nSPS) is 12.0. The predicted molar refractivity (Wildman–Crippen MR) is 107 cm³/mol. The van der Waals surface area contributed by atoms with Gasteiger partial charge >= 0.3 is 0 Å². The molecule has 0 aliphatic carbocycles. The fourth-order valence-electron chi connectivity index (χ4n) is 2.72. The number of hydrogen-bond donors (Lipinski definition) is 0. The third kappa shape index (κ3) is 4.48. The lowest BCUT2D eigenvalue weighted by atomic mass is 10.1. The van der Waals surface area contributed by atoms with Gasteiger partial charge in [-0.05, 0) is 48.0 Å².